The number of hydrogen-bond donors (Lipinski definition) is 0. The summed E-state index contributed by atoms with van der Waals surface area (Å²) >= 11 is 0. The van der Waals surface area contributed by atoms with E-state index in [9.17, 15) is 4.79 Å². The van der Waals surface area contributed by atoms with Crippen molar-refractivity contribution in [2.24, 2.45) is 34.6 Å². The second-order valence-corrected chi connectivity index (χ2v) is 16.7. The van der Waals surface area contributed by atoms with Gasteiger partial charge in [0.05, 0.1) is 11.9 Å². The van der Waals surface area contributed by atoms with Crippen molar-refractivity contribution in [3.05, 3.63) is 93.8 Å². The minimum Gasteiger partial charge on any atom is -0.381 e. The van der Waals surface area contributed by atoms with Crippen molar-refractivity contribution in [3.63, 3.8) is 0 Å². The number of aryl methyl sites for hydroxylation is 1. The molecule has 1 aliphatic carbocycles. The summed E-state index contributed by atoms with van der Waals surface area (Å²) in [6, 6.07) is 17.7. The Morgan fingerprint density at radius 2 is 1.52 bits per heavy atom. The number of carbonyl (C=O) groups excluding carboxylic acids is 1. The lowest BCUT2D eigenvalue weighted by molar-refractivity contribution is 0.0837. The molecule has 6 atom stereocenters. The lowest BCUT2D eigenvalue weighted by Crippen LogP contribution is -2.28. The molecule has 4 nitrogen and oxygen atoms in total. The SMILES string of the molecule is CC1=C2CCC(C)c3ccccc3C(=O)N(C)C2=CN=C(CCCc2ccc(CC3CCC(CC4CCOCCC4C)CCC3C)cc2)CC1. The van der Waals surface area contributed by atoms with Gasteiger partial charge in [-0.15, -0.1) is 0 Å². The summed E-state index contributed by atoms with van der Waals surface area (Å²) in [6.45, 7) is 11.4. The zero-order valence-corrected chi connectivity index (χ0v) is 31.9. The monoisotopic (exact) mass is 676 g/mol. The molecule has 4 aliphatic rings. The Bertz CT molecular complexity index is 1530. The molecule has 2 fully saturated rings. The zero-order valence-electron chi connectivity index (χ0n) is 31.9. The fraction of sp³-hybridized carbons (Fsp3) is 0.609. The van der Waals surface area contributed by atoms with Gasteiger partial charge in [0.15, 0.2) is 0 Å². The van der Waals surface area contributed by atoms with Gasteiger partial charge in [0.25, 0.3) is 5.91 Å². The normalized spacial score (nSPS) is 28.4. The van der Waals surface area contributed by atoms with Gasteiger partial charge in [-0.05, 0) is 148 Å². The van der Waals surface area contributed by atoms with Crippen molar-refractivity contribution < 1.29 is 9.53 Å². The molecule has 50 heavy (non-hydrogen) atoms. The minimum atomic E-state index is 0.0694. The number of fused-ring (bicyclic) bond motifs is 2. The van der Waals surface area contributed by atoms with Gasteiger partial charge in [0.2, 0.25) is 0 Å². The average Bonchev–Trinajstić information content (AvgIpc) is 3.42. The Morgan fingerprint density at radius 3 is 2.36 bits per heavy atom. The Labute approximate surface area is 303 Å². The van der Waals surface area contributed by atoms with Gasteiger partial charge >= 0.3 is 0 Å². The summed E-state index contributed by atoms with van der Waals surface area (Å²) in [5.41, 5.74) is 9.87. The van der Waals surface area contributed by atoms with E-state index in [4.69, 9.17) is 9.73 Å². The number of likely N-dealkylation sites (N-methyl/N-ethyl adjacent to an activating group) is 1. The van der Waals surface area contributed by atoms with E-state index in [-0.39, 0.29) is 5.91 Å². The highest BCUT2D eigenvalue weighted by Crippen LogP contribution is 2.39. The van der Waals surface area contributed by atoms with Gasteiger partial charge in [0.1, 0.15) is 0 Å². The van der Waals surface area contributed by atoms with Crippen LogP contribution in [0.2, 0.25) is 0 Å². The third-order valence-electron chi connectivity index (χ3n) is 13.2. The van der Waals surface area contributed by atoms with Crippen LogP contribution in [0, 0.1) is 29.6 Å². The Kier molecular flexibility index (Phi) is 12.9. The summed E-state index contributed by atoms with van der Waals surface area (Å²) in [5, 5.41) is 0. The number of nitrogens with zero attached hydrogens (tertiary/aromatic N) is 2. The van der Waals surface area contributed by atoms with Gasteiger partial charge < -0.3 is 9.64 Å². The van der Waals surface area contributed by atoms with Crippen LogP contribution in [0.3, 0.4) is 0 Å². The highest BCUT2D eigenvalue weighted by molar-refractivity contribution is 5.97. The van der Waals surface area contributed by atoms with Crippen LogP contribution in [0.5, 0.6) is 0 Å². The van der Waals surface area contributed by atoms with Crippen LogP contribution in [0.25, 0.3) is 0 Å². The number of rotatable bonds is 8. The average molecular weight is 677 g/mol. The molecular formula is C46H64N2O2. The molecule has 0 radical (unpaired) electrons. The number of allylic oxidation sites excluding steroid dienone is 2. The van der Waals surface area contributed by atoms with E-state index < -0.39 is 0 Å². The van der Waals surface area contributed by atoms with Crippen molar-refractivity contribution in [2.45, 2.75) is 130 Å². The molecule has 1 saturated heterocycles. The van der Waals surface area contributed by atoms with Gasteiger partial charge in [-0.3, -0.25) is 9.79 Å². The summed E-state index contributed by atoms with van der Waals surface area (Å²) in [6.07, 6.45) is 20.0. The van der Waals surface area contributed by atoms with E-state index in [1.54, 1.807) is 0 Å². The molecule has 2 aromatic rings. The largest absolute Gasteiger partial charge is 0.381 e. The molecule has 270 valence electrons. The standard InChI is InChI=1S/C46H64N2O2/c1-32-13-16-37(30-40-26-28-50-27-25-33(40)2)21-22-39(32)29-38-19-17-36(18-20-38)9-8-10-41-23-14-35(4)43-24-15-34(3)42-11-6-7-12-44(42)46(49)48(5)45(43)31-47-41/h6-7,11-12,17-20,31-34,37,39-40H,8-10,13-16,21-30H2,1-5H3. The van der Waals surface area contributed by atoms with E-state index in [1.165, 1.54) is 79.4 Å². The maximum Gasteiger partial charge on any atom is 0.258 e. The molecule has 0 bridgehead atoms. The maximum atomic E-state index is 13.7. The third kappa shape index (κ3) is 9.27. The maximum absolute atomic E-state index is 13.7. The molecule has 1 amide bonds. The van der Waals surface area contributed by atoms with E-state index in [0.29, 0.717) is 5.92 Å². The molecule has 0 spiro atoms. The van der Waals surface area contributed by atoms with Crippen LogP contribution in [-0.4, -0.2) is 36.8 Å². The van der Waals surface area contributed by atoms with Crippen LogP contribution in [0.15, 0.2) is 76.6 Å². The van der Waals surface area contributed by atoms with Gasteiger partial charge in [-0.25, -0.2) is 0 Å². The minimum absolute atomic E-state index is 0.0694. The smallest absolute Gasteiger partial charge is 0.258 e. The molecular weight excluding hydrogens is 613 g/mol. The fourth-order valence-corrected chi connectivity index (χ4v) is 9.44. The highest BCUT2D eigenvalue weighted by Gasteiger charge is 2.30. The zero-order chi connectivity index (χ0) is 35.0. The molecule has 3 aliphatic heterocycles. The van der Waals surface area contributed by atoms with E-state index in [1.807, 2.05) is 30.3 Å². The molecule has 6 rings (SSSR count). The first kappa shape index (κ1) is 36.8. The van der Waals surface area contributed by atoms with Gasteiger partial charge in [0, 0.05) is 31.5 Å². The Balaban J connectivity index is 1.02. The second-order valence-electron chi connectivity index (χ2n) is 16.7. The first-order valence-electron chi connectivity index (χ1n) is 20.2. The molecule has 0 aromatic heterocycles. The number of amides is 1. The predicted molar refractivity (Wildman–Crippen MR) is 209 cm³/mol. The second kappa shape index (κ2) is 17.5. The lowest BCUT2D eigenvalue weighted by Gasteiger charge is -2.25. The summed E-state index contributed by atoms with van der Waals surface area (Å²) in [7, 11) is 1.93. The summed E-state index contributed by atoms with van der Waals surface area (Å²) in [5.74, 6) is 4.61. The van der Waals surface area contributed by atoms with Crippen molar-refractivity contribution in [2.75, 3.05) is 20.3 Å². The molecule has 6 unspecified atom stereocenters. The Morgan fingerprint density at radius 1 is 0.780 bits per heavy atom. The number of aliphatic imine (C=N–C) groups is 1. The lowest BCUT2D eigenvalue weighted by atomic mass is 9.80. The highest BCUT2D eigenvalue weighted by atomic mass is 16.5. The third-order valence-corrected chi connectivity index (χ3v) is 13.2. The first-order valence-corrected chi connectivity index (χ1v) is 20.2. The van der Waals surface area contributed by atoms with Crippen molar-refractivity contribution in [1.82, 2.24) is 4.90 Å². The molecule has 0 N–H and O–H groups in total. The van der Waals surface area contributed by atoms with Crippen molar-refractivity contribution in [3.8, 4) is 0 Å². The van der Waals surface area contributed by atoms with E-state index in [0.717, 1.165) is 105 Å². The number of ether oxygens (including phenoxy) is 1. The van der Waals surface area contributed by atoms with Crippen molar-refractivity contribution in [1.29, 1.82) is 0 Å². The van der Waals surface area contributed by atoms with E-state index in [2.05, 4.69) is 64.1 Å². The Hall–Kier alpha value is -2.98. The van der Waals surface area contributed by atoms with Gasteiger partial charge in [-0.2, -0.15) is 0 Å². The summed E-state index contributed by atoms with van der Waals surface area (Å²) < 4.78 is 5.80. The predicted octanol–water partition coefficient (Wildman–Crippen LogP) is 11.5. The topological polar surface area (TPSA) is 41.9 Å². The quantitative estimate of drug-likeness (QED) is 0.261. The first-order chi connectivity index (χ1) is 24.3. The number of hydrogen-bond acceptors (Lipinski definition) is 3. The van der Waals surface area contributed by atoms with Gasteiger partial charge in [-0.1, -0.05) is 88.1 Å². The summed E-state index contributed by atoms with van der Waals surface area (Å²) in [4.78, 5) is 20.6. The molecule has 3 heterocycles. The van der Waals surface area contributed by atoms with Crippen molar-refractivity contribution >= 4 is 11.6 Å². The molecule has 4 heteroatoms. The number of carbonyl (C=O) groups is 1. The van der Waals surface area contributed by atoms with Crippen LogP contribution in [0.1, 0.15) is 144 Å². The number of benzene rings is 2. The van der Waals surface area contributed by atoms with Crippen LogP contribution in [0.4, 0.5) is 0 Å². The van der Waals surface area contributed by atoms with Crippen LogP contribution < -0.4 is 0 Å². The molecule has 1 saturated carbocycles. The van der Waals surface area contributed by atoms with Crippen LogP contribution >= 0.6 is 0 Å². The van der Waals surface area contributed by atoms with E-state index >= 15 is 0 Å². The fourth-order valence-electron chi connectivity index (χ4n) is 9.44. The molecule has 2 aromatic carbocycles. The van der Waals surface area contributed by atoms with Crippen LogP contribution in [-0.2, 0) is 17.6 Å².